The first-order chi connectivity index (χ1) is 13.6. The molecule has 0 saturated carbocycles. The highest BCUT2D eigenvalue weighted by molar-refractivity contribution is 6.01. The van der Waals surface area contributed by atoms with Crippen LogP contribution < -0.4 is 5.32 Å². The molecular formula is C21H27FN2O4. The Morgan fingerprint density at radius 1 is 1.18 bits per heavy atom. The maximum absolute atomic E-state index is 13.2. The molecule has 3 aliphatic heterocycles. The molecule has 1 aromatic rings. The third-order valence-electron chi connectivity index (χ3n) is 5.96. The fourth-order valence-electron chi connectivity index (χ4n) is 4.27. The molecule has 2 saturated heterocycles. The molecule has 0 aliphatic carbocycles. The molecule has 7 heteroatoms. The van der Waals surface area contributed by atoms with E-state index in [4.69, 9.17) is 14.3 Å². The van der Waals surface area contributed by atoms with Gasteiger partial charge in [0.1, 0.15) is 11.9 Å². The van der Waals surface area contributed by atoms with Crippen molar-refractivity contribution in [3.63, 3.8) is 0 Å². The van der Waals surface area contributed by atoms with Crippen molar-refractivity contribution in [3.05, 3.63) is 35.6 Å². The Morgan fingerprint density at radius 2 is 1.96 bits per heavy atom. The number of nitrogens with zero attached hydrogens (tertiary/aromatic N) is 1. The monoisotopic (exact) mass is 390 g/mol. The van der Waals surface area contributed by atoms with Gasteiger partial charge in [-0.3, -0.25) is 4.79 Å². The second-order valence-electron chi connectivity index (χ2n) is 7.96. The number of halogens is 1. The van der Waals surface area contributed by atoms with Gasteiger partial charge in [-0.2, -0.15) is 0 Å². The van der Waals surface area contributed by atoms with Gasteiger partial charge in [0.2, 0.25) is 5.91 Å². The number of carbonyl (C=O) groups is 1. The van der Waals surface area contributed by atoms with Crippen LogP contribution in [0.15, 0.2) is 29.4 Å². The van der Waals surface area contributed by atoms with Crippen LogP contribution in [0, 0.1) is 11.2 Å². The molecule has 0 spiro atoms. The predicted molar refractivity (Wildman–Crippen MR) is 102 cm³/mol. The molecular weight excluding hydrogens is 363 g/mol. The summed E-state index contributed by atoms with van der Waals surface area (Å²) < 4.78 is 24.2. The van der Waals surface area contributed by atoms with Gasteiger partial charge in [-0.25, -0.2) is 4.39 Å². The quantitative estimate of drug-likeness (QED) is 0.839. The van der Waals surface area contributed by atoms with Gasteiger partial charge in [0.05, 0.1) is 23.8 Å². The van der Waals surface area contributed by atoms with Gasteiger partial charge in [0.25, 0.3) is 0 Å². The minimum atomic E-state index is -0.506. The third kappa shape index (κ3) is 4.36. The molecule has 3 aliphatic rings. The summed E-state index contributed by atoms with van der Waals surface area (Å²) >= 11 is 0. The van der Waals surface area contributed by atoms with Crippen LogP contribution in [-0.2, 0) is 19.1 Å². The van der Waals surface area contributed by atoms with E-state index in [9.17, 15) is 9.18 Å². The van der Waals surface area contributed by atoms with E-state index in [0.29, 0.717) is 45.5 Å². The zero-order valence-electron chi connectivity index (χ0n) is 16.0. The first-order valence-corrected chi connectivity index (χ1v) is 10.1. The maximum Gasteiger partial charge on any atom is 0.226 e. The number of rotatable bonds is 5. The minimum Gasteiger partial charge on any atom is -0.392 e. The highest BCUT2D eigenvalue weighted by atomic mass is 19.1. The van der Waals surface area contributed by atoms with Crippen LogP contribution in [0.25, 0.3) is 0 Å². The van der Waals surface area contributed by atoms with E-state index >= 15 is 0 Å². The number of benzene rings is 1. The largest absolute Gasteiger partial charge is 0.392 e. The predicted octanol–water partition coefficient (Wildman–Crippen LogP) is 2.80. The van der Waals surface area contributed by atoms with Crippen molar-refractivity contribution in [1.82, 2.24) is 5.32 Å². The van der Waals surface area contributed by atoms with Gasteiger partial charge in [0, 0.05) is 32.7 Å². The van der Waals surface area contributed by atoms with E-state index in [2.05, 4.69) is 10.5 Å². The number of oxime groups is 1. The zero-order valence-corrected chi connectivity index (χ0v) is 16.0. The van der Waals surface area contributed by atoms with Gasteiger partial charge >= 0.3 is 0 Å². The highest BCUT2D eigenvalue weighted by Gasteiger charge is 2.44. The number of ether oxygens (including phenoxy) is 2. The van der Waals surface area contributed by atoms with E-state index in [1.54, 1.807) is 12.1 Å². The standard InChI is InChI=1S/C21H27FN2O4/c22-16-5-3-15(4-6-16)19-12-18(28-24-19)13-21(7-10-26-11-8-21)20(25)23-17-2-1-9-27-14-17/h3-6,17-18H,1-2,7-14H2,(H,23,25)/t17-,18-/m1/s1. The Bertz CT molecular complexity index is 710. The molecule has 0 radical (unpaired) electrons. The first-order valence-electron chi connectivity index (χ1n) is 10.1. The topological polar surface area (TPSA) is 69.2 Å². The Labute approximate surface area is 164 Å². The molecule has 1 N–H and O–H groups in total. The van der Waals surface area contributed by atoms with Gasteiger partial charge in [-0.15, -0.1) is 0 Å². The zero-order chi connectivity index (χ0) is 19.4. The summed E-state index contributed by atoms with van der Waals surface area (Å²) in [5.74, 6) is -0.200. The first kappa shape index (κ1) is 19.3. The molecule has 3 heterocycles. The molecule has 152 valence electrons. The normalized spacial score (nSPS) is 27.0. The van der Waals surface area contributed by atoms with Crippen LogP contribution in [0.4, 0.5) is 4.39 Å². The molecule has 0 unspecified atom stereocenters. The van der Waals surface area contributed by atoms with Crippen LogP contribution in [0.3, 0.4) is 0 Å². The van der Waals surface area contributed by atoms with Crippen molar-refractivity contribution in [2.24, 2.45) is 10.6 Å². The van der Waals surface area contributed by atoms with E-state index in [-0.39, 0.29) is 23.9 Å². The van der Waals surface area contributed by atoms with Crippen molar-refractivity contribution in [3.8, 4) is 0 Å². The SMILES string of the molecule is O=C(N[C@@H]1CCCOC1)C1(C[C@H]2CC(c3ccc(F)cc3)=NO2)CCOCC1. The molecule has 0 aromatic heterocycles. The summed E-state index contributed by atoms with van der Waals surface area (Å²) in [5, 5.41) is 7.40. The smallest absolute Gasteiger partial charge is 0.226 e. The lowest BCUT2D eigenvalue weighted by molar-refractivity contribution is -0.141. The van der Waals surface area contributed by atoms with Crippen LogP contribution in [0.5, 0.6) is 0 Å². The molecule has 4 rings (SSSR count). The second-order valence-corrected chi connectivity index (χ2v) is 7.96. The number of hydrogen-bond acceptors (Lipinski definition) is 5. The minimum absolute atomic E-state index is 0.0742. The lowest BCUT2D eigenvalue weighted by atomic mass is 9.74. The molecule has 28 heavy (non-hydrogen) atoms. The summed E-state index contributed by atoms with van der Waals surface area (Å²) in [6.45, 7) is 2.50. The van der Waals surface area contributed by atoms with Crippen molar-refractivity contribution >= 4 is 11.6 Å². The average molecular weight is 390 g/mol. The third-order valence-corrected chi connectivity index (χ3v) is 5.96. The van der Waals surface area contributed by atoms with Crippen molar-refractivity contribution in [2.45, 2.75) is 50.7 Å². The average Bonchev–Trinajstić information content (AvgIpc) is 3.18. The van der Waals surface area contributed by atoms with Crippen molar-refractivity contribution in [1.29, 1.82) is 0 Å². The highest BCUT2D eigenvalue weighted by Crippen LogP contribution is 2.39. The van der Waals surface area contributed by atoms with Crippen LogP contribution in [0.1, 0.15) is 44.1 Å². The van der Waals surface area contributed by atoms with Gasteiger partial charge in [-0.05, 0) is 43.4 Å². The molecule has 1 aromatic carbocycles. The lowest BCUT2D eigenvalue weighted by Crippen LogP contribution is -2.51. The fraction of sp³-hybridized carbons (Fsp3) is 0.619. The molecule has 2 fully saturated rings. The van der Waals surface area contributed by atoms with Crippen LogP contribution >= 0.6 is 0 Å². The summed E-state index contributed by atoms with van der Waals surface area (Å²) in [5.41, 5.74) is 1.15. The Balaban J connectivity index is 1.40. The summed E-state index contributed by atoms with van der Waals surface area (Å²) in [6, 6.07) is 6.34. The van der Waals surface area contributed by atoms with E-state index in [1.165, 1.54) is 12.1 Å². The van der Waals surface area contributed by atoms with E-state index < -0.39 is 5.41 Å². The molecule has 1 amide bonds. The summed E-state index contributed by atoms with van der Waals surface area (Å²) in [7, 11) is 0. The van der Waals surface area contributed by atoms with Crippen molar-refractivity contribution in [2.75, 3.05) is 26.4 Å². The molecule has 6 nitrogen and oxygen atoms in total. The Kier molecular flexibility index (Phi) is 5.92. The van der Waals surface area contributed by atoms with Crippen molar-refractivity contribution < 1.29 is 23.5 Å². The Hall–Kier alpha value is -1.99. The maximum atomic E-state index is 13.2. The van der Waals surface area contributed by atoms with Gasteiger partial charge in [-0.1, -0.05) is 17.3 Å². The number of amides is 1. The van der Waals surface area contributed by atoms with E-state index in [0.717, 1.165) is 30.7 Å². The van der Waals surface area contributed by atoms with E-state index in [1.807, 2.05) is 0 Å². The number of nitrogens with one attached hydrogen (secondary N) is 1. The molecule has 0 bridgehead atoms. The summed E-state index contributed by atoms with van der Waals surface area (Å²) in [6.07, 6.45) is 4.35. The second kappa shape index (κ2) is 8.57. The summed E-state index contributed by atoms with van der Waals surface area (Å²) in [4.78, 5) is 18.9. The van der Waals surface area contributed by atoms with Gasteiger partial charge < -0.3 is 19.6 Å². The molecule has 2 atom stereocenters. The number of carbonyl (C=O) groups excluding carboxylic acids is 1. The van der Waals surface area contributed by atoms with Crippen LogP contribution in [0.2, 0.25) is 0 Å². The lowest BCUT2D eigenvalue weighted by Gasteiger charge is -2.38. The Morgan fingerprint density at radius 3 is 2.68 bits per heavy atom. The van der Waals surface area contributed by atoms with Gasteiger partial charge in [0.15, 0.2) is 0 Å². The van der Waals surface area contributed by atoms with Crippen LogP contribution in [-0.4, -0.2) is 50.2 Å². The number of hydrogen-bond donors (Lipinski definition) is 1. The fourth-order valence-corrected chi connectivity index (χ4v) is 4.27.